The number of likely N-dealkylation sites (tertiary alicyclic amines) is 1. The largest absolute Gasteiger partial charge is 0.293 e. The SMILES string of the molecule is CCC1CCC(C)N1C/C(Cl)=C/Cl. The van der Waals surface area contributed by atoms with Crippen molar-refractivity contribution in [2.75, 3.05) is 6.54 Å². The van der Waals surface area contributed by atoms with Crippen LogP contribution in [0.3, 0.4) is 0 Å². The Morgan fingerprint density at radius 1 is 1.54 bits per heavy atom. The third kappa shape index (κ3) is 2.87. The topological polar surface area (TPSA) is 3.24 Å². The van der Waals surface area contributed by atoms with Crippen molar-refractivity contribution in [1.29, 1.82) is 0 Å². The van der Waals surface area contributed by atoms with Crippen LogP contribution in [0.1, 0.15) is 33.1 Å². The van der Waals surface area contributed by atoms with Crippen molar-refractivity contribution in [3.8, 4) is 0 Å². The molecule has 0 bridgehead atoms. The van der Waals surface area contributed by atoms with Crippen molar-refractivity contribution in [2.24, 2.45) is 0 Å². The van der Waals surface area contributed by atoms with E-state index in [1.165, 1.54) is 24.8 Å². The zero-order valence-corrected chi connectivity index (χ0v) is 9.78. The van der Waals surface area contributed by atoms with E-state index in [4.69, 9.17) is 23.2 Å². The minimum Gasteiger partial charge on any atom is -0.293 e. The number of hydrogen-bond acceptors (Lipinski definition) is 1. The van der Waals surface area contributed by atoms with Crippen LogP contribution in [-0.4, -0.2) is 23.5 Å². The Kier molecular flexibility index (Phi) is 4.57. The maximum atomic E-state index is 5.92. The molecular weight excluding hydrogens is 205 g/mol. The lowest BCUT2D eigenvalue weighted by atomic mass is 10.1. The smallest absolute Gasteiger partial charge is 0.0434 e. The van der Waals surface area contributed by atoms with E-state index in [0.717, 1.165) is 11.6 Å². The highest BCUT2D eigenvalue weighted by molar-refractivity contribution is 6.36. The van der Waals surface area contributed by atoms with E-state index in [-0.39, 0.29) is 0 Å². The van der Waals surface area contributed by atoms with E-state index in [1.807, 2.05) is 0 Å². The number of rotatable bonds is 3. The summed E-state index contributed by atoms with van der Waals surface area (Å²) in [7, 11) is 0. The molecule has 1 aliphatic heterocycles. The van der Waals surface area contributed by atoms with Gasteiger partial charge in [0.25, 0.3) is 0 Å². The minimum atomic E-state index is 0.648. The molecule has 1 nitrogen and oxygen atoms in total. The number of nitrogens with zero attached hydrogens (tertiary/aromatic N) is 1. The first kappa shape index (κ1) is 11.4. The van der Waals surface area contributed by atoms with E-state index in [0.29, 0.717) is 12.1 Å². The second-order valence-electron chi connectivity index (χ2n) is 3.72. The van der Waals surface area contributed by atoms with Gasteiger partial charge in [-0.2, -0.15) is 0 Å². The summed E-state index contributed by atoms with van der Waals surface area (Å²) in [6.07, 6.45) is 3.78. The molecular formula is C10H17Cl2N. The van der Waals surface area contributed by atoms with Gasteiger partial charge in [-0.15, -0.1) is 0 Å². The van der Waals surface area contributed by atoms with Crippen molar-refractivity contribution in [3.63, 3.8) is 0 Å². The van der Waals surface area contributed by atoms with Gasteiger partial charge in [0.2, 0.25) is 0 Å². The standard InChI is InChI=1S/C10H17Cl2N/c1-3-10-5-4-8(2)13(10)7-9(12)6-11/h6,8,10H,3-5,7H2,1-2H3/b9-6-. The van der Waals surface area contributed by atoms with Gasteiger partial charge in [0.05, 0.1) is 0 Å². The summed E-state index contributed by atoms with van der Waals surface area (Å²) in [6.45, 7) is 5.30. The summed E-state index contributed by atoms with van der Waals surface area (Å²) in [5.41, 5.74) is 1.47. The Morgan fingerprint density at radius 3 is 2.77 bits per heavy atom. The van der Waals surface area contributed by atoms with Crippen molar-refractivity contribution >= 4 is 23.2 Å². The van der Waals surface area contributed by atoms with Crippen molar-refractivity contribution in [1.82, 2.24) is 4.90 Å². The monoisotopic (exact) mass is 221 g/mol. The second-order valence-corrected chi connectivity index (χ2v) is 4.42. The first-order valence-corrected chi connectivity index (χ1v) is 5.71. The molecule has 13 heavy (non-hydrogen) atoms. The van der Waals surface area contributed by atoms with Gasteiger partial charge in [-0.25, -0.2) is 0 Å². The van der Waals surface area contributed by atoms with Gasteiger partial charge in [0.1, 0.15) is 0 Å². The van der Waals surface area contributed by atoms with Gasteiger partial charge >= 0.3 is 0 Å². The molecule has 0 spiro atoms. The van der Waals surface area contributed by atoms with Crippen LogP contribution < -0.4 is 0 Å². The predicted molar refractivity (Wildman–Crippen MR) is 59.3 cm³/mol. The lowest BCUT2D eigenvalue weighted by Crippen LogP contribution is -2.35. The fourth-order valence-corrected chi connectivity index (χ4v) is 2.26. The molecule has 0 aliphatic carbocycles. The van der Waals surface area contributed by atoms with Gasteiger partial charge < -0.3 is 0 Å². The number of hydrogen-bond donors (Lipinski definition) is 0. The molecule has 0 aromatic heterocycles. The van der Waals surface area contributed by atoms with E-state index in [1.54, 1.807) is 0 Å². The third-order valence-electron chi connectivity index (χ3n) is 2.88. The lowest BCUT2D eigenvalue weighted by molar-refractivity contribution is 0.220. The molecule has 0 aromatic rings. The van der Waals surface area contributed by atoms with Gasteiger partial charge in [0, 0.05) is 29.2 Å². The molecule has 0 aromatic carbocycles. The summed E-state index contributed by atoms with van der Waals surface area (Å²) in [5, 5.41) is 0.744. The molecule has 2 unspecified atom stereocenters. The average Bonchev–Trinajstić information content (AvgIpc) is 2.48. The predicted octanol–water partition coefficient (Wildman–Crippen LogP) is 3.57. The molecule has 0 amide bonds. The van der Waals surface area contributed by atoms with Crippen LogP contribution in [0.2, 0.25) is 0 Å². The Labute approximate surface area is 90.7 Å². The van der Waals surface area contributed by atoms with Crippen LogP contribution >= 0.6 is 23.2 Å². The summed E-state index contributed by atoms with van der Waals surface area (Å²) in [4.78, 5) is 2.45. The van der Waals surface area contributed by atoms with E-state index in [9.17, 15) is 0 Å². The van der Waals surface area contributed by atoms with Crippen LogP contribution in [0.5, 0.6) is 0 Å². The fraction of sp³-hybridized carbons (Fsp3) is 0.800. The molecule has 1 rings (SSSR count). The van der Waals surface area contributed by atoms with Crippen LogP contribution in [0, 0.1) is 0 Å². The molecule has 76 valence electrons. The summed E-state index contributed by atoms with van der Waals surface area (Å²) in [5.74, 6) is 0. The Balaban J connectivity index is 2.54. The normalized spacial score (nSPS) is 31.2. The van der Waals surface area contributed by atoms with E-state index >= 15 is 0 Å². The minimum absolute atomic E-state index is 0.648. The van der Waals surface area contributed by atoms with E-state index in [2.05, 4.69) is 18.7 Å². The third-order valence-corrected chi connectivity index (χ3v) is 3.48. The zero-order chi connectivity index (χ0) is 9.84. The average molecular weight is 222 g/mol. The quantitative estimate of drug-likeness (QED) is 0.705. The summed E-state index contributed by atoms with van der Waals surface area (Å²) < 4.78 is 0. The van der Waals surface area contributed by atoms with Gasteiger partial charge in [-0.3, -0.25) is 4.90 Å². The molecule has 3 heteroatoms. The Bertz CT molecular complexity index is 191. The maximum Gasteiger partial charge on any atom is 0.0434 e. The fourth-order valence-electron chi connectivity index (χ4n) is 2.06. The van der Waals surface area contributed by atoms with Crippen molar-refractivity contribution in [3.05, 3.63) is 10.6 Å². The molecule has 0 N–H and O–H groups in total. The summed E-state index contributed by atoms with van der Waals surface area (Å²) in [6, 6.07) is 1.34. The van der Waals surface area contributed by atoms with Crippen LogP contribution in [-0.2, 0) is 0 Å². The molecule has 1 saturated heterocycles. The first-order valence-electron chi connectivity index (χ1n) is 4.89. The zero-order valence-electron chi connectivity index (χ0n) is 8.26. The molecule has 1 fully saturated rings. The summed E-state index contributed by atoms with van der Waals surface area (Å²) >= 11 is 11.5. The molecule has 1 aliphatic rings. The maximum absolute atomic E-state index is 5.92. The van der Waals surface area contributed by atoms with Gasteiger partial charge in [-0.05, 0) is 26.2 Å². The molecule has 0 radical (unpaired) electrons. The van der Waals surface area contributed by atoms with Gasteiger partial charge in [0.15, 0.2) is 0 Å². The Hall–Kier alpha value is 0.280. The molecule has 2 atom stereocenters. The highest BCUT2D eigenvalue weighted by Gasteiger charge is 2.29. The number of halogens is 2. The molecule has 1 heterocycles. The second kappa shape index (κ2) is 5.23. The Morgan fingerprint density at radius 2 is 2.23 bits per heavy atom. The van der Waals surface area contributed by atoms with Crippen LogP contribution in [0.4, 0.5) is 0 Å². The molecule has 0 saturated carbocycles. The van der Waals surface area contributed by atoms with Crippen LogP contribution in [0.25, 0.3) is 0 Å². The van der Waals surface area contributed by atoms with Gasteiger partial charge in [-0.1, -0.05) is 30.1 Å². The first-order chi connectivity index (χ1) is 6.19. The van der Waals surface area contributed by atoms with E-state index < -0.39 is 0 Å². The van der Waals surface area contributed by atoms with Crippen molar-refractivity contribution in [2.45, 2.75) is 45.2 Å². The highest BCUT2D eigenvalue weighted by atomic mass is 35.5. The van der Waals surface area contributed by atoms with Crippen molar-refractivity contribution < 1.29 is 0 Å². The highest BCUT2D eigenvalue weighted by Crippen LogP contribution is 2.27. The van der Waals surface area contributed by atoms with Crippen LogP contribution in [0.15, 0.2) is 10.6 Å². The lowest BCUT2D eigenvalue weighted by Gasteiger charge is -2.27.